The van der Waals surface area contributed by atoms with E-state index in [2.05, 4.69) is 13.8 Å². The number of carboxylic acids is 1. The molecule has 0 radical (unpaired) electrons. The Balaban J connectivity index is 1.75. The Morgan fingerprint density at radius 2 is 1.97 bits per heavy atom. The number of nitrogens with zero attached hydrogens (tertiary/aromatic N) is 3. The van der Waals surface area contributed by atoms with E-state index in [0.717, 1.165) is 44.8 Å². The summed E-state index contributed by atoms with van der Waals surface area (Å²) in [7, 11) is 0. The summed E-state index contributed by atoms with van der Waals surface area (Å²) in [5.41, 5.74) is 4.15. The number of carbonyl (C=O) groups excluding carboxylic acids is 1. The van der Waals surface area contributed by atoms with Gasteiger partial charge in [-0.15, -0.1) is 0 Å². The lowest BCUT2D eigenvalue weighted by molar-refractivity contribution is -0.140. The quantitative estimate of drug-likeness (QED) is 0.333. The molecule has 0 atom stereocenters. The first-order valence-electron chi connectivity index (χ1n) is 11.1. The van der Waals surface area contributed by atoms with Gasteiger partial charge in [-0.25, -0.2) is 4.68 Å². The smallest absolute Gasteiger partial charge is 0.323 e. The molecule has 0 aliphatic carbocycles. The lowest BCUT2D eigenvalue weighted by Crippen LogP contribution is -2.33. The van der Waals surface area contributed by atoms with E-state index in [0.29, 0.717) is 23.1 Å². The van der Waals surface area contributed by atoms with Gasteiger partial charge in [-0.2, -0.15) is 5.10 Å². The third kappa shape index (κ3) is 5.63. The number of aliphatic carboxylic acids is 1. The second-order valence-corrected chi connectivity index (χ2v) is 10.2. The number of para-hydroxylation sites is 1. The summed E-state index contributed by atoms with van der Waals surface area (Å²) in [5.74, 6) is -0.298. The van der Waals surface area contributed by atoms with Crippen LogP contribution in [0.2, 0.25) is 0 Å². The van der Waals surface area contributed by atoms with Gasteiger partial charge >= 0.3 is 5.97 Å². The zero-order valence-corrected chi connectivity index (χ0v) is 21.2. The summed E-state index contributed by atoms with van der Waals surface area (Å²) in [6.45, 7) is 6.36. The van der Waals surface area contributed by atoms with E-state index in [1.165, 1.54) is 0 Å². The maximum atomic E-state index is 12.8. The molecule has 7 nitrogen and oxygen atoms in total. The van der Waals surface area contributed by atoms with E-state index in [-0.39, 0.29) is 4.32 Å². The number of ether oxygens (including phenoxy) is 1. The molecule has 2 heterocycles. The number of benzene rings is 2. The molecule has 180 valence electrons. The highest BCUT2D eigenvalue weighted by Crippen LogP contribution is 2.35. The Morgan fingerprint density at radius 3 is 2.63 bits per heavy atom. The molecule has 1 aliphatic rings. The van der Waals surface area contributed by atoms with E-state index in [4.69, 9.17) is 27.2 Å². The van der Waals surface area contributed by atoms with Gasteiger partial charge in [0, 0.05) is 17.3 Å². The van der Waals surface area contributed by atoms with Gasteiger partial charge in [-0.05, 0) is 54.8 Å². The maximum absolute atomic E-state index is 12.8. The molecule has 2 aromatic carbocycles. The van der Waals surface area contributed by atoms with Crippen LogP contribution in [0.25, 0.3) is 23.0 Å². The number of hydrogen-bond donors (Lipinski definition) is 1. The van der Waals surface area contributed by atoms with Crippen LogP contribution >= 0.6 is 24.0 Å². The Hall–Kier alpha value is -3.43. The number of amides is 1. The third-order valence-corrected chi connectivity index (χ3v) is 6.62. The van der Waals surface area contributed by atoms with Crippen molar-refractivity contribution in [2.45, 2.75) is 20.8 Å². The van der Waals surface area contributed by atoms with Crippen molar-refractivity contribution < 1.29 is 19.4 Å². The van der Waals surface area contributed by atoms with Crippen molar-refractivity contribution in [1.82, 2.24) is 14.7 Å². The first-order chi connectivity index (χ1) is 16.7. The monoisotopic (exact) mass is 507 g/mol. The molecule has 1 fully saturated rings. The van der Waals surface area contributed by atoms with Crippen LogP contribution in [0.5, 0.6) is 5.75 Å². The van der Waals surface area contributed by atoms with E-state index in [1.54, 1.807) is 10.8 Å². The van der Waals surface area contributed by atoms with Gasteiger partial charge in [0.25, 0.3) is 5.91 Å². The molecule has 0 saturated carbocycles. The number of aryl methyl sites for hydroxylation is 1. The van der Waals surface area contributed by atoms with Crippen LogP contribution in [-0.2, 0) is 9.59 Å². The summed E-state index contributed by atoms with van der Waals surface area (Å²) < 4.78 is 7.90. The van der Waals surface area contributed by atoms with Gasteiger partial charge in [0.1, 0.15) is 22.3 Å². The molecule has 1 saturated heterocycles. The average Bonchev–Trinajstić information content (AvgIpc) is 3.35. The predicted molar refractivity (Wildman–Crippen MR) is 142 cm³/mol. The zero-order valence-electron chi connectivity index (χ0n) is 19.6. The fraction of sp³-hybridized carbons (Fsp3) is 0.231. The summed E-state index contributed by atoms with van der Waals surface area (Å²) in [5, 5.41) is 13.9. The Morgan fingerprint density at radius 1 is 1.23 bits per heavy atom. The van der Waals surface area contributed by atoms with Crippen molar-refractivity contribution in [3.05, 3.63) is 70.8 Å². The fourth-order valence-electron chi connectivity index (χ4n) is 3.56. The van der Waals surface area contributed by atoms with Crippen LogP contribution in [0.4, 0.5) is 0 Å². The lowest BCUT2D eigenvalue weighted by atomic mass is 10.0. The number of carboxylic acid groups (broad SMARTS) is 1. The molecule has 1 aromatic heterocycles. The predicted octanol–water partition coefficient (Wildman–Crippen LogP) is 5.17. The van der Waals surface area contributed by atoms with Crippen LogP contribution in [-0.4, -0.2) is 49.1 Å². The number of thiocarbonyl (C=S) groups is 1. The Kier molecular flexibility index (Phi) is 7.37. The van der Waals surface area contributed by atoms with Crippen molar-refractivity contribution in [2.24, 2.45) is 5.92 Å². The molecule has 1 N–H and O–H groups in total. The van der Waals surface area contributed by atoms with E-state index in [9.17, 15) is 9.59 Å². The van der Waals surface area contributed by atoms with Crippen LogP contribution < -0.4 is 4.74 Å². The molecule has 1 amide bonds. The number of thioether (sulfide) groups is 1. The second-order valence-electron chi connectivity index (χ2n) is 8.56. The highest BCUT2D eigenvalue weighted by Gasteiger charge is 2.33. The summed E-state index contributed by atoms with van der Waals surface area (Å²) in [6.07, 6.45) is 3.58. The van der Waals surface area contributed by atoms with Crippen molar-refractivity contribution in [2.75, 3.05) is 13.2 Å². The van der Waals surface area contributed by atoms with Crippen molar-refractivity contribution in [3.8, 4) is 22.7 Å². The van der Waals surface area contributed by atoms with Gasteiger partial charge < -0.3 is 9.84 Å². The van der Waals surface area contributed by atoms with Crippen LogP contribution in [0.1, 0.15) is 25.0 Å². The molecular weight excluding hydrogens is 482 g/mol. The minimum absolute atomic E-state index is 0.225. The zero-order chi connectivity index (χ0) is 25.1. The van der Waals surface area contributed by atoms with Gasteiger partial charge in [0.05, 0.1) is 17.2 Å². The first kappa shape index (κ1) is 24.7. The van der Waals surface area contributed by atoms with Crippen LogP contribution in [0.3, 0.4) is 0 Å². The highest BCUT2D eigenvalue weighted by atomic mass is 32.2. The summed E-state index contributed by atoms with van der Waals surface area (Å²) in [4.78, 5) is 25.5. The minimum atomic E-state index is -1.12. The number of rotatable bonds is 8. The maximum Gasteiger partial charge on any atom is 0.323 e. The molecule has 0 spiro atoms. The molecule has 4 rings (SSSR count). The highest BCUT2D eigenvalue weighted by molar-refractivity contribution is 8.26. The van der Waals surface area contributed by atoms with Crippen molar-refractivity contribution in [1.29, 1.82) is 0 Å². The normalized spacial score (nSPS) is 14.9. The van der Waals surface area contributed by atoms with E-state index >= 15 is 0 Å². The Bertz CT molecular complexity index is 1320. The van der Waals surface area contributed by atoms with Crippen LogP contribution in [0, 0.1) is 12.8 Å². The third-order valence-electron chi connectivity index (χ3n) is 5.24. The molecule has 35 heavy (non-hydrogen) atoms. The second kappa shape index (κ2) is 10.5. The topological polar surface area (TPSA) is 84.7 Å². The standard InChI is InChI=1S/C26H25N3O4S2/c1-16(2)15-33-21-10-9-18(11-17(21)3)24-19(13-29(27-24)20-7-5-4-6-8-20)12-22-25(32)28(14-23(30)31)26(34)35-22/h4-13,16H,14-15H2,1-3H3,(H,30,31). The lowest BCUT2D eigenvalue weighted by Gasteiger charge is -2.12. The molecule has 3 aromatic rings. The minimum Gasteiger partial charge on any atom is -0.493 e. The van der Waals surface area contributed by atoms with Crippen LogP contribution in [0.15, 0.2) is 59.6 Å². The van der Waals surface area contributed by atoms with Crippen molar-refractivity contribution >= 4 is 46.3 Å². The SMILES string of the molecule is Cc1cc(-c2nn(-c3ccccc3)cc2C=C2SC(=S)N(CC(=O)O)C2=O)ccc1OCC(C)C. The van der Waals surface area contributed by atoms with E-state index in [1.807, 2.05) is 61.7 Å². The first-order valence-corrected chi connectivity index (χ1v) is 12.3. The van der Waals surface area contributed by atoms with Gasteiger partial charge in [0.2, 0.25) is 0 Å². The molecule has 0 unspecified atom stereocenters. The largest absolute Gasteiger partial charge is 0.493 e. The fourth-order valence-corrected chi connectivity index (χ4v) is 4.80. The molecule has 9 heteroatoms. The van der Waals surface area contributed by atoms with Gasteiger partial charge in [-0.3, -0.25) is 14.5 Å². The summed E-state index contributed by atoms with van der Waals surface area (Å²) >= 11 is 6.33. The number of carbonyl (C=O) groups is 2. The molecule has 1 aliphatic heterocycles. The average molecular weight is 508 g/mol. The van der Waals surface area contributed by atoms with Crippen molar-refractivity contribution in [3.63, 3.8) is 0 Å². The summed E-state index contributed by atoms with van der Waals surface area (Å²) in [6, 6.07) is 15.6. The van der Waals surface area contributed by atoms with E-state index < -0.39 is 18.4 Å². The molecule has 0 bridgehead atoms. The Labute approximate surface area is 213 Å². The van der Waals surface area contributed by atoms with Gasteiger partial charge in [0.15, 0.2) is 0 Å². The number of aromatic nitrogens is 2. The molecular formula is C26H25N3O4S2. The number of hydrogen-bond acceptors (Lipinski definition) is 6. The van der Waals surface area contributed by atoms with Gasteiger partial charge in [-0.1, -0.05) is 56.0 Å².